The van der Waals surface area contributed by atoms with Crippen LogP contribution in [-0.2, 0) is 11.3 Å². The third kappa shape index (κ3) is 3.54. The van der Waals surface area contributed by atoms with Crippen LogP contribution in [0.2, 0.25) is 0 Å². The number of hydrogen-bond donors (Lipinski definition) is 1. The monoisotopic (exact) mass is 323 g/mol. The molecule has 0 heterocycles. The molecular weight excluding hydrogens is 313 g/mol. The summed E-state index contributed by atoms with van der Waals surface area (Å²) >= 11 is 3.33. The summed E-state index contributed by atoms with van der Waals surface area (Å²) in [6, 6.07) is 11.2. The Kier molecular flexibility index (Phi) is 4.16. The maximum Gasteiger partial charge on any atom is 0.338 e. The van der Waals surface area contributed by atoms with E-state index in [9.17, 15) is 9.18 Å². The fourth-order valence-corrected chi connectivity index (χ4v) is 1.96. The smallest absolute Gasteiger partial charge is 0.338 e. The molecule has 0 fully saturated rings. The minimum Gasteiger partial charge on any atom is -0.457 e. The highest BCUT2D eigenvalue weighted by atomic mass is 79.9. The van der Waals surface area contributed by atoms with Crippen molar-refractivity contribution in [3.8, 4) is 0 Å². The van der Waals surface area contributed by atoms with E-state index >= 15 is 0 Å². The fourth-order valence-electron chi connectivity index (χ4n) is 1.51. The number of anilines is 1. The van der Waals surface area contributed by atoms with Crippen LogP contribution in [-0.4, -0.2) is 5.97 Å². The minimum absolute atomic E-state index is 0.00328. The molecule has 0 aromatic heterocycles. The molecule has 0 bridgehead atoms. The van der Waals surface area contributed by atoms with Gasteiger partial charge in [0.2, 0.25) is 0 Å². The van der Waals surface area contributed by atoms with Crippen molar-refractivity contribution in [1.29, 1.82) is 0 Å². The molecule has 2 N–H and O–H groups in total. The molecule has 19 heavy (non-hydrogen) atoms. The van der Waals surface area contributed by atoms with Gasteiger partial charge < -0.3 is 10.5 Å². The number of carbonyl (C=O) groups is 1. The van der Waals surface area contributed by atoms with Crippen LogP contribution in [0.15, 0.2) is 46.9 Å². The van der Waals surface area contributed by atoms with Gasteiger partial charge in [-0.15, -0.1) is 0 Å². The first-order valence-electron chi connectivity index (χ1n) is 5.53. The van der Waals surface area contributed by atoms with Crippen LogP contribution in [0.5, 0.6) is 0 Å². The summed E-state index contributed by atoms with van der Waals surface area (Å²) in [5, 5.41) is 0. The average molecular weight is 324 g/mol. The molecular formula is C14H11BrFNO2. The summed E-state index contributed by atoms with van der Waals surface area (Å²) in [6.45, 7) is 0.129. The summed E-state index contributed by atoms with van der Waals surface area (Å²) in [5.41, 5.74) is 6.33. The van der Waals surface area contributed by atoms with E-state index in [2.05, 4.69) is 15.9 Å². The molecule has 0 amide bonds. The van der Waals surface area contributed by atoms with E-state index in [0.29, 0.717) is 0 Å². The first-order valence-corrected chi connectivity index (χ1v) is 6.32. The minimum atomic E-state index is -0.628. The van der Waals surface area contributed by atoms with Crippen molar-refractivity contribution in [2.75, 3.05) is 5.73 Å². The lowest BCUT2D eigenvalue weighted by Gasteiger charge is -2.06. The Morgan fingerprint density at radius 2 is 2.05 bits per heavy atom. The Bertz CT molecular complexity index is 616. The van der Waals surface area contributed by atoms with Crippen LogP contribution < -0.4 is 5.73 Å². The van der Waals surface area contributed by atoms with Crippen LogP contribution >= 0.6 is 15.9 Å². The zero-order valence-electron chi connectivity index (χ0n) is 9.90. The molecule has 0 saturated heterocycles. The number of halogens is 2. The first-order chi connectivity index (χ1) is 9.06. The van der Waals surface area contributed by atoms with Crippen LogP contribution in [0.3, 0.4) is 0 Å². The lowest BCUT2D eigenvalue weighted by atomic mass is 10.2. The van der Waals surface area contributed by atoms with Crippen LogP contribution in [0.4, 0.5) is 10.1 Å². The zero-order valence-corrected chi connectivity index (χ0v) is 11.5. The van der Waals surface area contributed by atoms with E-state index in [1.807, 2.05) is 24.3 Å². The normalized spacial score (nSPS) is 10.2. The van der Waals surface area contributed by atoms with E-state index < -0.39 is 11.8 Å². The molecule has 0 aliphatic rings. The number of esters is 1. The van der Waals surface area contributed by atoms with E-state index in [1.54, 1.807) is 0 Å². The zero-order chi connectivity index (χ0) is 13.8. The van der Waals surface area contributed by atoms with Gasteiger partial charge in [-0.05, 0) is 35.9 Å². The van der Waals surface area contributed by atoms with Gasteiger partial charge in [-0.2, -0.15) is 0 Å². The second kappa shape index (κ2) is 5.84. The number of ether oxygens (including phenoxy) is 1. The van der Waals surface area contributed by atoms with Crippen molar-refractivity contribution in [3.63, 3.8) is 0 Å². The Balaban J connectivity index is 2.03. The molecule has 98 valence electrons. The molecule has 0 unspecified atom stereocenters. The molecule has 2 rings (SSSR count). The maximum atomic E-state index is 13.2. The second-order valence-electron chi connectivity index (χ2n) is 3.94. The van der Waals surface area contributed by atoms with E-state index in [1.165, 1.54) is 12.1 Å². The van der Waals surface area contributed by atoms with Crippen molar-refractivity contribution < 1.29 is 13.9 Å². The predicted molar refractivity (Wildman–Crippen MR) is 74.1 cm³/mol. The molecule has 0 aliphatic heterocycles. The van der Waals surface area contributed by atoms with E-state index in [0.717, 1.165) is 16.1 Å². The highest BCUT2D eigenvalue weighted by Gasteiger charge is 2.10. The lowest BCUT2D eigenvalue weighted by molar-refractivity contribution is 0.0472. The van der Waals surface area contributed by atoms with Gasteiger partial charge in [0.15, 0.2) is 0 Å². The van der Waals surface area contributed by atoms with Gasteiger partial charge in [0.25, 0.3) is 0 Å². The van der Waals surface area contributed by atoms with Gasteiger partial charge in [0.1, 0.15) is 12.4 Å². The Morgan fingerprint density at radius 1 is 1.26 bits per heavy atom. The third-order valence-corrected chi connectivity index (χ3v) is 2.99. The Morgan fingerprint density at radius 3 is 2.74 bits per heavy atom. The second-order valence-corrected chi connectivity index (χ2v) is 4.86. The SMILES string of the molecule is Nc1ccc(C(=O)OCc2cccc(Br)c2)cc1F. The van der Waals surface area contributed by atoms with Gasteiger partial charge in [0.05, 0.1) is 11.3 Å². The van der Waals surface area contributed by atoms with E-state index in [4.69, 9.17) is 10.5 Å². The highest BCUT2D eigenvalue weighted by molar-refractivity contribution is 9.10. The van der Waals surface area contributed by atoms with Crippen molar-refractivity contribution in [3.05, 3.63) is 63.9 Å². The molecule has 2 aromatic rings. The van der Waals surface area contributed by atoms with E-state index in [-0.39, 0.29) is 17.9 Å². The fraction of sp³-hybridized carbons (Fsp3) is 0.0714. The average Bonchev–Trinajstić information content (AvgIpc) is 2.39. The van der Waals surface area contributed by atoms with Crippen LogP contribution in [0.1, 0.15) is 15.9 Å². The van der Waals surface area contributed by atoms with Gasteiger partial charge in [-0.1, -0.05) is 28.1 Å². The first kappa shape index (κ1) is 13.5. The number of benzene rings is 2. The van der Waals surface area contributed by atoms with Gasteiger partial charge >= 0.3 is 5.97 Å². The largest absolute Gasteiger partial charge is 0.457 e. The summed E-state index contributed by atoms with van der Waals surface area (Å²) in [5.74, 6) is -1.21. The number of nitrogens with two attached hydrogens (primary N) is 1. The molecule has 0 radical (unpaired) electrons. The standard InChI is InChI=1S/C14H11BrFNO2/c15-11-3-1-2-9(6-11)8-19-14(18)10-4-5-13(17)12(16)7-10/h1-7H,8,17H2. The molecule has 2 aromatic carbocycles. The van der Waals surface area contributed by atoms with Gasteiger partial charge in [0, 0.05) is 4.47 Å². The summed E-state index contributed by atoms with van der Waals surface area (Å²) in [7, 11) is 0. The van der Waals surface area contributed by atoms with Crippen molar-refractivity contribution in [2.45, 2.75) is 6.61 Å². The van der Waals surface area contributed by atoms with Crippen molar-refractivity contribution in [1.82, 2.24) is 0 Å². The number of carbonyl (C=O) groups excluding carboxylic acids is 1. The third-order valence-electron chi connectivity index (χ3n) is 2.50. The van der Waals surface area contributed by atoms with Gasteiger partial charge in [-0.3, -0.25) is 0 Å². The molecule has 5 heteroatoms. The van der Waals surface area contributed by atoms with Crippen molar-refractivity contribution in [2.24, 2.45) is 0 Å². The maximum absolute atomic E-state index is 13.2. The lowest BCUT2D eigenvalue weighted by Crippen LogP contribution is -2.06. The van der Waals surface area contributed by atoms with Crippen LogP contribution in [0.25, 0.3) is 0 Å². The Labute approximate surface area is 118 Å². The number of nitrogen functional groups attached to an aromatic ring is 1. The number of rotatable bonds is 3. The van der Waals surface area contributed by atoms with Crippen LogP contribution in [0, 0.1) is 5.82 Å². The Hall–Kier alpha value is -1.88. The summed E-state index contributed by atoms with van der Waals surface area (Å²) < 4.78 is 19.2. The van der Waals surface area contributed by atoms with Crippen molar-refractivity contribution >= 4 is 27.6 Å². The molecule has 0 saturated carbocycles. The topological polar surface area (TPSA) is 52.3 Å². The molecule has 0 aliphatic carbocycles. The molecule has 0 spiro atoms. The molecule has 3 nitrogen and oxygen atoms in total. The summed E-state index contributed by atoms with van der Waals surface area (Å²) in [6.07, 6.45) is 0. The summed E-state index contributed by atoms with van der Waals surface area (Å²) in [4.78, 5) is 11.7. The molecule has 0 atom stereocenters. The van der Waals surface area contributed by atoms with Gasteiger partial charge in [-0.25, -0.2) is 9.18 Å². The number of hydrogen-bond acceptors (Lipinski definition) is 3. The quantitative estimate of drug-likeness (QED) is 0.694. The predicted octanol–water partition coefficient (Wildman–Crippen LogP) is 3.53. The highest BCUT2D eigenvalue weighted by Crippen LogP contribution is 2.15.